The largest absolute Gasteiger partial charge is 0.469 e. The zero-order valence-corrected chi connectivity index (χ0v) is 10.4. The van der Waals surface area contributed by atoms with E-state index in [1.54, 1.807) is 13.0 Å². The van der Waals surface area contributed by atoms with Gasteiger partial charge in [0.25, 0.3) is 0 Å². The van der Waals surface area contributed by atoms with Gasteiger partial charge in [-0.1, -0.05) is 0 Å². The Morgan fingerprint density at radius 3 is 2.44 bits per heavy atom. The fourth-order valence-corrected chi connectivity index (χ4v) is 1.66. The van der Waals surface area contributed by atoms with Crippen LogP contribution in [0.1, 0.15) is 23.7 Å². The minimum Gasteiger partial charge on any atom is -0.469 e. The van der Waals surface area contributed by atoms with Gasteiger partial charge < -0.3 is 26.4 Å². The van der Waals surface area contributed by atoms with Gasteiger partial charge in [0.05, 0.1) is 31.0 Å². The van der Waals surface area contributed by atoms with Crippen molar-refractivity contribution < 1.29 is 19.7 Å². The van der Waals surface area contributed by atoms with Crippen LogP contribution in [0, 0.1) is 6.92 Å². The standard InChI is InChI=1S/C12H18N2O4/c1-6-3-8(13)9(14)4-7(6)12(17)10(15)5-11(16)18-2/h3-4,10,12,15,17H,5,13-14H2,1-2H3. The van der Waals surface area contributed by atoms with Gasteiger partial charge in [0, 0.05) is 0 Å². The molecule has 1 aromatic carbocycles. The summed E-state index contributed by atoms with van der Waals surface area (Å²) in [4.78, 5) is 11.0. The Kier molecular flexibility index (Phi) is 4.52. The normalized spacial score (nSPS) is 14.0. The number of aliphatic hydroxyl groups excluding tert-OH is 2. The average molecular weight is 254 g/mol. The van der Waals surface area contributed by atoms with Gasteiger partial charge in [0.2, 0.25) is 0 Å². The topological polar surface area (TPSA) is 119 Å². The number of ether oxygens (including phenoxy) is 1. The number of esters is 1. The number of nitrogen functional groups attached to an aromatic ring is 2. The maximum atomic E-state index is 11.0. The number of methoxy groups -OCH3 is 1. The van der Waals surface area contributed by atoms with Gasteiger partial charge in [-0.2, -0.15) is 0 Å². The molecule has 18 heavy (non-hydrogen) atoms. The van der Waals surface area contributed by atoms with Gasteiger partial charge >= 0.3 is 5.97 Å². The highest BCUT2D eigenvalue weighted by molar-refractivity contribution is 5.70. The van der Waals surface area contributed by atoms with Crippen molar-refractivity contribution in [1.82, 2.24) is 0 Å². The number of rotatable bonds is 4. The molecule has 0 aliphatic heterocycles. The molecule has 2 atom stereocenters. The third-order valence-electron chi connectivity index (χ3n) is 2.76. The second kappa shape index (κ2) is 5.70. The van der Waals surface area contributed by atoms with Crippen LogP contribution in [0.2, 0.25) is 0 Å². The lowest BCUT2D eigenvalue weighted by Crippen LogP contribution is -2.23. The predicted octanol–water partition coefficient (Wildman–Crippen LogP) is 0.117. The van der Waals surface area contributed by atoms with Crippen LogP contribution in [0.25, 0.3) is 0 Å². The van der Waals surface area contributed by atoms with Crippen molar-refractivity contribution in [3.8, 4) is 0 Å². The molecule has 0 aromatic heterocycles. The van der Waals surface area contributed by atoms with Crippen LogP contribution < -0.4 is 11.5 Å². The number of aryl methyl sites for hydroxylation is 1. The van der Waals surface area contributed by atoms with Gasteiger partial charge in [0.1, 0.15) is 6.10 Å². The van der Waals surface area contributed by atoms with E-state index in [1.807, 2.05) is 0 Å². The lowest BCUT2D eigenvalue weighted by Gasteiger charge is -2.20. The first kappa shape index (κ1) is 14.3. The molecule has 2 unspecified atom stereocenters. The Hall–Kier alpha value is -1.79. The number of carbonyl (C=O) groups excluding carboxylic acids is 1. The lowest BCUT2D eigenvalue weighted by molar-refractivity contribution is -0.144. The molecule has 0 bridgehead atoms. The van der Waals surface area contributed by atoms with Crippen LogP contribution in [0.15, 0.2) is 12.1 Å². The molecule has 0 radical (unpaired) electrons. The molecule has 0 fully saturated rings. The summed E-state index contributed by atoms with van der Waals surface area (Å²) in [5, 5.41) is 19.7. The van der Waals surface area contributed by atoms with E-state index in [9.17, 15) is 15.0 Å². The zero-order chi connectivity index (χ0) is 13.9. The highest BCUT2D eigenvalue weighted by atomic mass is 16.5. The van der Waals surface area contributed by atoms with Crippen LogP contribution in [0.4, 0.5) is 11.4 Å². The highest BCUT2D eigenvalue weighted by Gasteiger charge is 2.23. The number of nitrogens with two attached hydrogens (primary N) is 2. The molecule has 0 spiro atoms. The molecule has 1 rings (SSSR count). The van der Waals surface area contributed by atoms with Gasteiger partial charge in [-0.3, -0.25) is 4.79 Å². The number of anilines is 2. The molecule has 0 saturated carbocycles. The maximum Gasteiger partial charge on any atom is 0.308 e. The molecule has 100 valence electrons. The first-order valence-corrected chi connectivity index (χ1v) is 5.45. The first-order valence-electron chi connectivity index (χ1n) is 5.45. The predicted molar refractivity (Wildman–Crippen MR) is 67.6 cm³/mol. The average Bonchev–Trinajstić information content (AvgIpc) is 2.32. The molecule has 1 aromatic rings. The molecule has 0 amide bonds. The highest BCUT2D eigenvalue weighted by Crippen LogP contribution is 2.28. The van der Waals surface area contributed by atoms with Crippen LogP contribution in [0.5, 0.6) is 0 Å². The maximum absolute atomic E-state index is 11.0. The van der Waals surface area contributed by atoms with E-state index in [0.717, 1.165) is 0 Å². The van der Waals surface area contributed by atoms with Crippen molar-refractivity contribution in [2.75, 3.05) is 18.6 Å². The Bertz CT molecular complexity index is 448. The number of aliphatic hydroxyl groups is 2. The van der Waals surface area contributed by atoms with E-state index in [4.69, 9.17) is 11.5 Å². The van der Waals surface area contributed by atoms with Crippen LogP contribution in [-0.4, -0.2) is 29.4 Å². The molecular weight excluding hydrogens is 236 g/mol. The fourth-order valence-electron chi connectivity index (χ4n) is 1.66. The monoisotopic (exact) mass is 254 g/mol. The summed E-state index contributed by atoms with van der Waals surface area (Å²) in [6.07, 6.45) is -2.76. The fraction of sp³-hybridized carbons (Fsp3) is 0.417. The van der Waals surface area contributed by atoms with E-state index in [2.05, 4.69) is 4.74 Å². The zero-order valence-electron chi connectivity index (χ0n) is 10.4. The molecule has 6 heteroatoms. The number of hydrogen-bond acceptors (Lipinski definition) is 6. The summed E-state index contributed by atoms with van der Waals surface area (Å²) in [6.45, 7) is 1.74. The number of hydrogen-bond donors (Lipinski definition) is 4. The van der Waals surface area contributed by atoms with E-state index in [-0.39, 0.29) is 6.42 Å². The molecule has 0 aliphatic carbocycles. The van der Waals surface area contributed by atoms with Gasteiger partial charge in [-0.05, 0) is 30.2 Å². The molecular formula is C12H18N2O4. The Labute approximate surface area is 105 Å². The smallest absolute Gasteiger partial charge is 0.308 e. The van der Waals surface area contributed by atoms with E-state index >= 15 is 0 Å². The quantitative estimate of drug-likeness (QED) is 0.447. The van der Waals surface area contributed by atoms with Crippen LogP contribution in [-0.2, 0) is 9.53 Å². The molecule has 0 heterocycles. The summed E-state index contributed by atoms with van der Waals surface area (Å²) in [6, 6.07) is 3.11. The van der Waals surface area contributed by atoms with E-state index < -0.39 is 18.2 Å². The summed E-state index contributed by atoms with van der Waals surface area (Å²) in [5.74, 6) is -0.595. The molecule has 6 N–H and O–H groups in total. The lowest BCUT2D eigenvalue weighted by atomic mass is 9.96. The van der Waals surface area contributed by atoms with Crippen molar-refractivity contribution in [1.29, 1.82) is 0 Å². The second-order valence-corrected chi connectivity index (χ2v) is 4.13. The molecule has 6 nitrogen and oxygen atoms in total. The van der Waals surface area contributed by atoms with Crippen LogP contribution in [0.3, 0.4) is 0 Å². The summed E-state index contributed by atoms with van der Waals surface area (Å²) in [7, 11) is 1.22. The van der Waals surface area contributed by atoms with Crippen molar-refractivity contribution in [3.63, 3.8) is 0 Å². The van der Waals surface area contributed by atoms with Gasteiger partial charge in [-0.25, -0.2) is 0 Å². The number of benzene rings is 1. The molecule has 0 saturated heterocycles. The van der Waals surface area contributed by atoms with Crippen molar-refractivity contribution in [2.45, 2.75) is 25.6 Å². The van der Waals surface area contributed by atoms with Crippen molar-refractivity contribution >= 4 is 17.3 Å². The SMILES string of the molecule is COC(=O)CC(O)C(O)c1cc(N)c(N)cc1C. The summed E-state index contributed by atoms with van der Waals surface area (Å²) in [5.41, 5.74) is 13.1. The Morgan fingerprint density at radius 1 is 1.33 bits per heavy atom. The third kappa shape index (κ3) is 3.12. The summed E-state index contributed by atoms with van der Waals surface area (Å²) >= 11 is 0. The summed E-state index contributed by atoms with van der Waals surface area (Å²) < 4.78 is 4.43. The van der Waals surface area contributed by atoms with E-state index in [0.29, 0.717) is 22.5 Å². The van der Waals surface area contributed by atoms with Gasteiger partial charge in [0.15, 0.2) is 0 Å². The van der Waals surface area contributed by atoms with Crippen molar-refractivity contribution in [3.05, 3.63) is 23.3 Å². The van der Waals surface area contributed by atoms with Gasteiger partial charge in [-0.15, -0.1) is 0 Å². The Morgan fingerprint density at radius 2 is 1.89 bits per heavy atom. The second-order valence-electron chi connectivity index (χ2n) is 4.13. The molecule has 0 aliphatic rings. The first-order chi connectivity index (χ1) is 8.36. The Balaban J connectivity index is 2.93. The number of carbonyl (C=O) groups is 1. The van der Waals surface area contributed by atoms with E-state index in [1.165, 1.54) is 13.2 Å². The minimum atomic E-state index is -1.25. The minimum absolute atomic E-state index is 0.290. The van der Waals surface area contributed by atoms with Crippen LogP contribution >= 0.6 is 0 Å². The third-order valence-corrected chi connectivity index (χ3v) is 2.76. The van der Waals surface area contributed by atoms with Crippen molar-refractivity contribution in [2.24, 2.45) is 0 Å².